The van der Waals surface area contributed by atoms with E-state index in [4.69, 9.17) is 5.73 Å². The lowest BCUT2D eigenvalue weighted by Gasteiger charge is -2.31. The Morgan fingerprint density at radius 2 is 2.47 bits per heavy atom. The van der Waals surface area contributed by atoms with E-state index in [-0.39, 0.29) is 6.04 Å². The van der Waals surface area contributed by atoms with Crippen molar-refractivity contribution in [1.29, 1.82) is 0 Å². The smallest absolute Gasteiger partial charge is 0.0912 e. The summed E-state index contributed by atoms with van der Waals surface area (Å²) in [5, 5.41) is 0. The summed E-state index contributed by atoms with van der Waals surface area (Å²) in [6.45, 7) is 2.28. The average molecular weight is 225 g/mol. The summed E-state index contributed by atoms with van der Waals surface area (Å²) >= 11 is 1.26. The first-order valence-corrected chi connectivity index (χ1v) is 6.57. The van der Waals surface area contributed by atoms with E-state index in [1.54, 1.807) is 0 Å². The standard InChI is InChI=1S/C11H19N3S/c1-2-8-4-3-5-9(6-8)11(12)10-7-13-15-14-10/h7-9,11H,2-6,12H2,1H3. The van der Waals surface area contributed by atoms with E-state index < -0.39 is 0 Å². The van der Waals surface area contributed by atoms with Crippen molar-refractivity contribution in [3.8, 4) is 0 Å². The minimum absolute atomic E-state index is 0.109. The number of nitrogens with two attached hydrogens (primary N) is 1. The first-order chi connectivity index (χ1) is 7.31. The normalized spacial score (nSPS) is 28.9. The summed E-state index contributed by atoms with van der Waals surface area (Å²) in [7, 11) is 0. The Bertz CT molecular complexity index is 286. The molecule has 1 heterocycles. The van der Waals surface area contributed by atoms with E-state index in [9.17, 15) is 0 Å². The average Bonchev–Trinajstić information content (AvgIpc) is 2.81. The molecule has 3 nitrogen and oxygen atoms in total. The van der Waals surface area contributed by atoms with Crippen molar-refractivity contribution in [3.63, 3.8) is 0 Å². The molecule has 0 amide bonds. The summed E-state index contributed by atoms with van der Waals surface area (Å²) in [6, 6.07) is 0.109. The first kappa shape index (κ1) is 11.0. The van der Waals surface area contributed by atoms with Gasteiger partial charge in [-0.1, -0.05) is 26.2 Å². The Labute approximate surface area is 95.4 Å². The van der Waals surface area contributed by atoms with Crippen LogP contribution in [0.15, 0.2) is 6.20 Å². The van der Waals surface area contributed by atoms with Crippen molar-refractivity contribution in [3.05, 3.63) is 11.9 Å². The second-order valence-electron chi connectivity index (χ2n) is 4.56. The molecule has 0 radical (unpaired) electrons. The highest BCUT2D eigenvalue weighted by Crippen LogP contribution is 2.36. The van der Waals surface area contributed by atoms with Crippen LogP contribution >= 0.6 is 11.7 Å². The zero-order chi connectivity index (χ0) is 10.7. The molecule has 2 N–H and O–H groups in total. The fraction of sp³-hybridized carbons (Fsp3) is 0.818. The fourth-order valence-corrected chi connectivity index (χ4v) is 3.06. The molecular formula is C11H19N3S. The number of hydrogen-bond acceptors (Lipinski definition) is 4. The molecule has 0 spiro atoms. The largest absolute Gasteiger partial charge is 0.322 e. The highest BCUT2D eigenvalue weighted by atomic mass is 32.1. The van der Waals surface area contributed by atoms with Crippen molar-refractivity contribution in [2.45, 2.75) is 45.1 Å². The van der Waals surface area contributed by atoms with Gasteiger partial charge in [-0.15, -0.1) is 0 Å². The van der Waals surface area contributed by atoms with E-state index in [0.29, 0.717) is 5.92 Å². The monoisotopic (exact) mass is 225 g/mol. The number of rotatable bonds is 3. The van der Waals surface area contributed by atoms with Crippen molar-refractivity contribution >= 4 is 11.7 Å². The maximum atomic E-state index is 6.24. The van der Waals surface area contributed by atoms with Gasteiger partial charge < -0.3 is 5.73 Å². The van der Waals surface area contributed by atoms with Gasteiger partial charge in [-0.05, 0) is 24.7 Å². The molecule has 0 aliphatic heterocycles. The second kappa shape index (κ2) is 5.03. The van der Waals surface area contributed by atoms with Crippen LogP contribution in [-0.2, 0) is 0 Å². The molecule has 1 aliphatic rings. The van der Waals surface area contributed by atoms with Gasteiger partial charge in [-0.3, -0.25) is 0 Å². The zero-order valence-corrected chi connectivity index (χ0v) is 10.0. The van der Waals surface area contributed by atoms with Crippen LogP contribution in [-0.4, -0.2) is 8.75 Å². The third kappa shape index (κ3) is 2.55. The van der Waals surface area contributed by atoms with Gasteiger partial charge in [0.05, 0.1) is 29.7 Å². The molecule has 15 heavy (non-hydrogen) atoms. The lowest BCUT2D eigenvalue weighted by atomic mass is 9.76. The van der Waals surface area contributed by atoms with Gasteiger partial charge in [0.15, 0.2) is 0 Å². The Hall–Kier alpha value is -0.480. The molecule has 1 saturated carbocycles. The van der Waals surface area contributed by atoms with Crippen molar-refractivity contribution in [2.75, 3.05) is 0 Å². The van der Waals surface area contributed by atoms with Crippen LogP contribution in [0.3, 0.4) is 0 Å². The summed E-state index contributed by atoms with van der Waals surface area (Å²) in [4.78, 5) is 0. The van der Waals surface area contributed by atoms with Crippen molar-refractivity contribution in [2.24, 2.45) is 17.6 Å². The molecule has 84 valence electrons. The highest BCUT2D eigenvalue weighted by Gasteiger charge is 2.27. The zero-order valence-electron chi connectivity index (χ0n) is 9.22. The van der Waals surface area contributed by atoms with Crippen LogP contribution in [0.1, 0.15) is 50.8 Å². The Kier molecular flexibility index (Phi) is 3.70. The van der Waals surface area contributed by atoms with Crippen LogP contribution in [0.25, 0.3) is 0 Å². The third-order valence-electron chi connectivity index (χ3n) is 3.63. The summed E-state index contributed by atoms with van der Waals surface area (Å²) in [5.74, 6) is 1.49. The van der Waals surface area contributed by atoms with Gasteiger partial charge in [0.1, 0.15) is 0 Å². The Balaban J connectivity index is 1.98. The summed E-state index contributed by atoms with van der Waals surface area (Å²) < 4.78 is 8.28. The second-order valence-corrected chi connectivity index (χ2v) is 5.12. The quantitative estimate of drug-likeness (QED) is 0.860. The van der Waals surface area contributed by atoms with E-state index >= 15 is 0 Å². The van der Waals surface area contributed by atoms with E-state index in [0.717, 1.165) is 11.6 Å². The maximum absolute atomic E-state index is 6.24. The number of aromatic nitrogens is 2. The topological polar surface area (TPSA) is 51.8 Å². The molecule has 0 aromatic carbocycles. The maximum Gasteiger partial charge on any atom is 0.0912 e. The predicted octanol–water partition coefficient (Wildman–Crippen LogP) is 2.75. The Morgan fingerprint density at radius 1 is 1.60 bits per heavy atom. The molecule has 2 rings (SSSR count). The van der Waals surface area contributed by atoms with Crippen LogP contribution in [0, 0.1) is 11.8 Å². The third-order valence-corrected chi connectivity index (χ3v) is 4.12. The van der Waals surface area contributed by atoms with Crippen LogP contribution < -0.4 is 5.73 Å². The van der Waals surface area contributed by atoms with E-state index in [1.807, 2.05) is 6.20 Å². The minimum atomic E-state index is 0.109. The lowest BCUT2D eigenvalue weighted by molar-refractivity contribution is 0.229. The van der Waals surface area contributed by atoms with E-state index in [1.165, 1.54) is 43.8 Å². The van der Waals surface area contributed by atoms with Gasteiger partial charge in [0, 0.05) is 0 Å². The molecule has 3 atom stereocenters. The summed E-state index contributed by atoms with van der Waals surface area (Å²) in [6.07, 6.45) is 8.36. The number of hydrogen-bond donors (Lipinski definition) is 1. The van der Waals surface area contributed by atoms with Gasteiger partial charge in [0.25, 0.3) is 0 Å². The molecule has 4 heteroatoms. The highest BCUT2D eigenvalue weighted by molar-refractivity contribution is 6.99. The Morgan fingerprint density at radius 3 is 3.13 bits per heavy atom. The van der Waals surface area contributed by atoms with Gasteiger partial charge in [-0.25, -0.2) is 0 Å². The summed E-state index contributed by atoms with van der Waals surface area (Å²) in [5.41, 5.74) is 7.22. The molecule has 0 saturated heterocycles. The lowest BCUT2D eigenvalue weighted by Crippen LogP contribution is -2.27. The molecule has 3 unspecified atom stereocenters. The molecule has 1 fully saturated rings. The predicted molar refractivity (Wildman–Crippen MR) is 62.6 cm³/mol. The molecule has 0 bridgehead atoms. The van der Waals surface area contributed by atoms with Crippen LogP contribution in [0.4, 0.5) is 0 Å². The van der Waals surface area contributed by atoms with Crippen molar-refractivity contribution in [1.82, 2.24) is 8.75 Å². The first-order valence-electron chi connectivity index (χ1n) is 5.84. The van der Waals surface area contributed by atoms with Gasteiger partial charge in [-0.2, -0.15) is 8.75 Å². The van der Waals surface area contributed by atoms with Gasteiger partial charge >= 0.3 is 0 Å². The molecule has 1 aromatic heterocycles. The molecule has 1 aromatic rings. The van der Waals surface area contributed by atoms with E-state index in [2.05, 4.69) is 15.7 Å². The molecular weight excluding hydrogens is 206 g/mol. The van der Waals surface area contributed by atoms with Gasteiger partial charge in [0.2, 0.25) is 0 Å². The molecule has 1 aliphatic carbocycles. The fourth-order valence-electron chi connectivity index (χ4n) is 2.59. The minimum Gasteiger partial charge on any atom is -0.322 e. The van der Waals surface area contributed by atoms with Crippen molar-refractivity contribution < 1.29 is 0 Å². The van der Waals surface area contributed by atoms with Crippen LogP contribution in [0.5, 0.6) is 0 Å². The SMILES string of the molecule is CCC1CCCC(C(N)c2cnsn2)C1. The number of nitrogens with zero attached hydrogens (tertiary/aromatic N) is 2. The van der Waals surface area contributed by atoms with Crippen LogP contribution in [0.2, 0.25) is 0 Å².